The first-order valence-corrected chi connectivity index (χ1v) is 35.8. The Balaban J connectivity index is 0.876. The van der Waals surface area contributed by atoms with E-state index in [4.69, 9.17) is 124 Å². The minimum absolute atomic E-state index is 0.0162. The molecule has 560 valence electrons. The lowest BCUT2D eigenvalue weighted by Crippen LogP contribution is -2.27. The van der Waals surface area contributed by atoms with Gasteiger partial charge in [-0.05, 0) is 5.56 Å². The van der Waals surface area contributed by atoms with E-state index in [1.54, 1.807) is 0 Å². The van der Waals surface area contributed by atoms with E-state index in [0.717, 1.165) is 21.5 Å². The lowest BCUT2D eigenvalue weighted by Gasteiger charge is -2.22. The molecule has 0 radical (unpaired) electrons. The van der Waals surface area contributed by atoms with E-state index in [0.29, 0.717) is 330 Å². The second-order valence-electron chi connectivity index (χ2n) is 20.4. The van der Waals surface area contributed by atoms with Crippen molar-refractivity contribution in [2.75, 3.05) is 330 Å². The molecule has 27 nitrogen and oxygen atoms in total. The van der Waals surface area contributed by atoms with E-state index < -0.39 is 7.14 Å². The highest BCUT2D eigenvalue weighted by molar-refractivity contribution is 7.85. The summed E-state index contributed by atoms with van der Waals surface area (Å²) in [7, 11) is -3.10. The monoisotopic (exact) mass is 1410 g/mol. The topological polar surface area (TPSA) is 268 Å². The molecule has 0 spiro atoms. The molecule has 3 aromatic carbocycles. The minimum Gasteiger partial charge on any atom is -0.394 e. The number of hydrogen-bond donors (Lipinski definition) is 1. The highest BCUT2D eigenvalue weighted by atomic mass is 31.2. The summed E-state index contributed by atoms with van der Waals surface area (Å²) in [5.41, 5.74) is 0.895. The molecule has 0 bridgehead atoms. The van der Waals surface area contributed by atoms with E-state index in [1.165, 1.54) is 0 Å². The molecular formula is C69H117O27P. The third-order valence-corrected chi connectivity index (χ3v) is 16.2. The number of ether oxygens (including phenoxy) is 25. The highest BCUT2D eigenvalue weighted by Gasteiger charge is 2.31. The zero-order valence-electron chi connectivity index (χ0n) is 57.7. The molecular weight excluding hydrogens is 1290 g/mol. The van der Waals surface area contributed by atoms with E-state index in [2.05, 4.69) is 0 Å². The SMILES string of the molecule is O=P(c1ccccc1)(c1ccccc1)c1ccccc1COCCOCCOCCOCCOCCOCCOCCOCCOCCOCCOCCOCCOCCOCCOCCOCCOCCOCCOCCOCCOCCOCCOCCOCCOCCO. The van der Waals surface area contributed by atoms with E-state index in [-0.39, 0.29) is 6.61 Å². The van der Waals surface area contributed by atoms with Gasteiger partial charge in [0.25, 0.3) is 0 Å². The molecule has 28 heteroatoms. The minimum atomic E-state index is -3.10. The summed E-state index contributed by atoms with van der Waals surface area (Å²) in [6, 6.07) is 27.1. The van der Waals surface area contributed by atoms with E-state index in [9.17, 15) is 4.57 Å². The first-order valence-electron chi connectivity index (χ1n) is 34.1. The van der Waals surface area contributed by atoms with Crippen LogP contribution in [0.1, 0.15) is 5.56 Å². The Morgan fingerprint density at radius 2 is 0.351 bits per heavy atom. The number of aliphatic hydroxyl groups excluding tert-OH is 1. The number of benzene rings is 3. The normalized spacial score (nSPS) is 11.8. The standard InChI is InChI=1S/C69H117O27P/c70-15-16-72-17-18-73-19-20-74-21-22-75-23-24-76-25-26-77-27-28-78-29-30-79-31-32-80-33-34-81-35-36-82-37-38-83-39-40-84-41-42-85-43-44-86-45-46-87-47-48-88-49-50-89-51-52-90-53-54-91-55-56-92-57-58-93-59-60-94-61-62-95-63-64-96-65-66-9-7-8-14-69(66)97(71,67-10-3-1-4-11-67)68-12-5-2-6-13-68/h1-14,70H,15-65H2. The van der Waals surface area contributed by atoms with Gasteiger partial charge in [0.2, 0.25) is 0 Å². The lowest BCUT2D eigenvalue weighted by atomic mass is 10.2. The van der Waals surface area contributed by atoms with Crippen LogP contribution in [0, 0.1) is 0 Å². The first kappa shape index (κ1) is 88.1. The second kappa shape index (κ2) is 71.3. The van der Waals surface area contributed by atoms with Crippen LogP contribution in [0.2, 0.25) is 0 Å². The third-order valence-electron chi connectivity index (χ3n) is 13.0. The van der Waals surface area contributed by atoms with Crippen LogP contribution in [0.5, 0.6) is 0 Å². The van der Waals surface area contributed by atoms with Crippen molar-refractivity contribution in [3.63, 3.8) is 0 Å². The molecule has 0 aromatic heterocycles. The molecule has 0 aliphatic carbocycles. The van der Waals surface area contributed by atoms with Crippen LogP contribution in [0.15, 0.2) is 84.9 Å². The van der Waals surface area contributed by atoms with Crippen molar-refractivity contribution in [2.24, 2.45) is 0 Å². The summed E-state index contributed by atoms with van der Waals surface area (Å²) in [5.74, 6) is 0. The van der Waals surface area contributed by atoms with Crippen molar-refractivity contribution in [3.8, 4) is 0 Å². The molecule has 0 atom stereocenters. The number of rotatable bonds is 79. The predicted octanol–water partition coefficient (Wildman–Crippen LogP) is 3.23. The average molecular weight is 1410 g/mol. The fraction of sp³-hybridized carbons (Fsp3) is 0.739. The van der Waals surface area contributed by atoms with Gasteiger partial charge >= 0.3 is 0 Å². The maximum atomic E-state index is 14.9. The summed E-state index contributed by atoms with van der Waals surface area (Å²) in [5, 5.41) is 11.0. The summed E-state index contributed by atoms with van der Waals surface area (Å²) in [6.07, 6.45) is 0. The Kier molecular flexibility index (Phi) is 64.7. The quantitative estimate of drug-likeness (QED) is 0.0628. The Labute approximate surface area is 576 Å². The molecule has 0 amide bonds. The van der Waals surface area contributed by atoms with Crippen molar-refractivity contribution in [1.82, 2.24) is 0 Å². The van der Waals surface area contributed by atoms with E-state index in [1.807, 2.05) is 84.9 Å². The van der Waals surface area contributed by atoms with Crippen LogP contribution >= 0.6 is 7.14 Å². The summed E-state index contributed by atoms with van der Waals surface area (Å²) < 4.78 is 153. The first-order chi connectivity index (χ1) is 48.3. The number of hydrogen-bond acceptors (Lipinski definition) is 27. The van der Waals surface area contributed by atoms with Gasteiger partial charge in [-0.1, -0.05) is 84.9 Å². The van der Waals surface area contributed by atoms with Gasteiger partial charge in [-0.3, -0.25) is 0 Å². The van der Waals surface area contributed by atoms with Crippen LogP contribution < -0.4 is 15.9 Å². The van der Waals surface area contributed by atoms with Gasteiger partial charge in [-0.2, -0.15) is 0 Å². The van der Waals surface area contributed by atoms with Crippen LogP contribution in [-0.4, -0.2) is 335 Å². The van der Waals surface area contributed by atoms with Crippen LogP contribution in [0.4, 0.5) is 0 Å². The molecule has 0 saturated heterocycles. The molecule has 1 N–H and O–H groups in total. The van der Waals surface area contributed by atoms with Crippen molar-refractivity contribution in [1.29, 1.82) is 0 Å². The molecule has 0 fully saturated rings. The maximum absolute atomic E-state index is 14.9. The Hall–Kier alpha value is -3.15. The highest BCUT2D eigenvalue weighted by Crippen LogP contribution is 2.43. The largest absolute Gasteiger partial charge is 0.394 e. The molecule has 3 rings (SSSR count). The third kappa shape index (κ3) is 54.3. The molecule has 0 aliphatic heterocycles. The lowest BCUT2D eigenvalue weighted by molar-refractivity contribution is -0.0321. The smallest absolute Gasteiger partial charge is 0.171 e. The van der Waals surface area contributed by atoms with Crippen molar-refractivity contribution in [3.05, 3.63) is 90.5 Å². The Bertz CT molecular complexity index is 2050. The van der Waals surface area contributed by atoms with Gasteiger partial charge in [0.05, 0.1) is 337 Å². The molecule has 3 aromatic rings. The van der Waals surface area contributed by atoms with Gasteiger partial charge in [-0.15, -0.1) is 0 Å². The predicted molar refractivity (Wildman–Crippen MR) is 362 cm³/mol. The Morgan fingerprint density at radius 3 is 0.536 bits per heavy atom. The number of aliphatic hydroxyl groups is 1. The summed E-state index contributed by atoms with van der Waals surface area (Å²) >= 11 is 0. The molecule has 0 unspecified atom stereocenters. The fourth-order valence-corrected chi connectivity index (χ4v) is 11.0. The Morgan fingerprint density at radius 1 is 0.196 bits per heavy atom. The van der Waals surface area contributed by atoms with Crippen molar-refractivity contribution < 1.29 is 128 Å². The fourth-order valence-electron chi connectivity index (χ4n) is 8.17. The average Bonchev–Trinajstić information content (AvgIpc) is 0.773. The van der Waals surface area contributed by atoms with Gasteiger partial charge in [0.1, 0.15) is 0 Å². The van der Waals surface area contributed by atoms with Crippen LogP contribution in [0.25, 0.3) is 0 Å². The molecule has 0 aliphatic rings. The van der Waals surface area contributed by atoms with E-state index >= 15 is 0 Å². The van der Waals surface area contributed by atoms with Gasteiger partial charge in [-0.25, -0.2) is 0 Å². The van der Waals surface area contributed by atoms with Crippen molar-refractivity contribution in [2.45, 2.75) is 6.61 Å². The van der Waals surface area contributed by atoms with Gasteiger partial charge in [0, 0.05) is 15.9 Å². The maximum Gasteiger partial charge on any atom is 0.171 e. The zero-order chi connectivity index (χ0) is 68.4. The second-order valence-corrected chi connectivity index (χ2v) is 23.1. The van der Waals surface area contributed by atoms with Crippen LogP contribution in [-0.2, 0) is 130 Å². The van der Waals surface area contributed by atoms with Crippen molar-refractivity contribution >= 4 is 23.1 Å². The molecule has 0 heterocycles. The molecule has 97 heavy (non-hydrogen) atoms. The van der Waals surface area contributed by atoms with Crippen LogP contribution in [0.3, 0.4) is 0 Å². The van der Waals surface area contributed by atoms with Gasteiger partial charge < -0.3 is 128 Å². The summed E-state index contributed by atoms with van der Waals surface area (Å²) in [6.45, 7) is 23.5. The molecule has 0 saturated carbocycles. The zero-order valence-corrected chi connectivity index (χ0v) is 58.5. The summed E-state index contributed by atoms with van der Waals surface area (Å²) in [4.78, 5) is 0. The van der Waals surface area contributed by atoms with Gasteiger partial charge in [0.15, 0.2) is 7.14 Å².